The molecule has 2 aromatic rings. The fourth-order valence-electron chi connectivity index (χ4n) is 2.50. The number of pyridine rings is 1. The van der Waals surface area contributed by atoms with Crippen molar-refractivity contribution in [2.24, 2.45) is 0 Å². The molecule has 3 rings (SSSR count). The summed E-state index contributed by atoms with van der Waals surface area (Å²) in [6.45, 7) is 0.449. The molecular weight excluding hydrogens is 268 g/mol. The molecule has 5 nitrogen and oxygen atoms in total. The molecule has 1 saturated heterocycles. The summed E-state index contributed by atoms with van der Waals surface area (Å²) in [6, 6.07) is 9.87. The van der Waals surface area contributed by atoms with E-state index in [4.69, 9.17) is 4.74 Å². The van der Waals surface area contributed by atoms with E-state index in [1.165, 1.54) is 0 Å². The van der Waals surface area contributed by atoms with E-state index < -0.39 is 6.10 Å². The van der Waals surface area contributed by atoms with Gasteiger partial charge in [-0.1, -0.05) is 18.2 Å². The van der Waals surface area contributed by atoms with E-state index in [9.17, 15) is 9.59 Å². The summed E-state index contributed by atoms with van der Waals surface area (Å²) in [4.78, 5) is 29.2. The maximum atomic E-state index is 12.2. The first-order chi connectivity index (χ1) is 10.1. The van der Waals surface area contributed by atoms with Crippen LogP contribution in [0.5, 0.6) is 0 Å². The predicted octanol–water partition coefficient (Wildman–Crippen LogP) is 1.90. The van der Waals surface area contributed by atoms with Gasteiger partial charge >= 0.3 is 5.97 Å². The van der Waals surface area contributed by atoms with Crippen LogP contribution in [0, 0.1) is 0 Å². The van der Waals surface area contributed by atoms with Crippen LogP contribution in [0.1, 0.15) is 18.4 Å². The lowest BCUT2D eigenvalue weighted by Crippen LogP contribution is -2.35. The minimum absolute atomic E-state index is 0.158. The average Bonchev–Trinajstić information content (AvgIpc) is 2.93. The first kappa shape index (κ1) is 13.5. The summed E-state index contributed by atoms with van der Waals surface area (Å²) in [5, 5.41) is 1.04. The van der Waals surface area contributed by atoms with Crippen LogP contribution in [0.25, 0.3) is 10.9 Å². The lowest BCUT2D eigenvalue weighted by molar-refractivity contribution is -0.152. The van der Waals surface area contributed by atoms with Crippen molar-refractivity contribution in [2.45, 2.75) is 25.5 Å². The van der Waals surface area contributed by atoms with E-state index in [1.54, 1.807) is 18.1 Å². The van der Waals surface area contributed by atoms with Crippen LogP contribution in [0.4, 0.5) is 0 Å². The maximum Gasteiger partial charge on any atom is 0.306 e. The Balaban J connectivity index is 1.72. The molecular formula is C16H16N2O3. The van der Waals surface area contributed by atoms with E-state index in [0.717, 1.165) is 16.5 Å². The number of benzene rings is 1. The van der Waals surface area contributed by atoms with Crippen molar-refractivity contribution in [3.05, 3.63) is 42.1 Å². The van der Waals surface area contributed by atoms with Gasteiger partial charge < -0.3 is 9.64 Å². The summed E-state index contributed by atoms with van der Waals surface area (Å²) < 4.78 is 5.01. The van der Waals surface area contributed by atoms with Gasteiger partial charge in [0.2, 0.25) is 0 Å². The van der Waals surface area contributed by atoms with Gasteiger partial charge in [0.1, 0.15) is 0 Å². The zero-order valence-corrected chi connectivity index (χ0v) is 11.8. The molecule has 2 heterocycles. The highest BCUT2D eigenvalue weighted by Crippen LogP contribution is 2.18. The van der Waals surface area contributed by atoms with Gasteiger partial charge in [-0.25, -0.2) is 0 Å². The quantitative estimate of drug-likeness (QED) is 0.808. The minimum atomic E-state index is -0.629. The van der Waals surface area contributed by atoms with Crippen molar-refractivity contribution in [2.75, 3.05) is 7.05 Å². The fourth-order valence-corrected chi connectivity index (χ4v) is 2.50. The van der Waals surface area contributed by atoms with Crippen LogP contribution in [0.15, 0.2) is 36.5 Å². The number of carbonyl (C=O) groups is 2. The Morgan fingerprint density at radius 1 is 1.43 bits per heavy atom. The third-order valence-corrected chi connectivity index (χ3v) is 3.60. The molecule has 1 aromatic heterocycles. The molecule has 108 valence electrons. The molecule has 1 aliphatic rings. The molecule has 21 heavy (non-hydrogen) atoms. The number of fused-ring (bicyclic) bond motifs is 1. The van der Waals surface area contributed by atoms with Crippen LogP contribution in [0.3, 0.4) is 0 Å². The number of cyclic esters (lactones) is 1. The van der Waals surface area contributed by atoms with Gasteiger partial charge in [0.05, 0.1) is 5.52 Å². The number of esters is 1. The van der Waals surface area contributed by atoms with Gasteiger partial charge in [-0.2, -0.15) is 0 Å². The molecule has 1 amide bonds. The molecule has 0 spiro atoms. The summed E-state index contributed by atoms with van der Waals surface area (Å²) in [7, 11) is 1.71. The highest BCUT2D eigenvalue weighted by molar-refractivity contribution is 5.86. The molecule has 1 atom stereocenters. The second-order valence-electron chi connectivity index (χ2n) is 5.25. The van der Waals surface area contributed by atoms with Crippen LogP contribution >= 0.6 is 0 Å². The van der Waals surface area contributed by atoms with Gasteiger partial charge in [0.15, 0.2) is 6.10 Å². The molecule has 0 N–H and O–H groups in total. The number of carbonyl (C=O) groups excluding carboxylic acids is 2. The number of aromatic nitrogens is 1. The zero-order chi connectivity index (χ0) is 14.8. The van der Waals surface area contributed by atoms with Gasteiger partial charge in [-0.3, -0.25) is 14.6 Å². The van der Waals surface area contributed by atoms with E-state index in [0.29, 0.717) is 19.4 Å². The number of hydrogen-bond donors (Lipinski definition) is 0. The van der Waals surface area contributed by atoms with Crippen molar-refractivity contribution in [3.63, 3.8) is 0 Å². The van der Waals surface area contributed by atoms with Gasteiger partial charge in [-0.05, 0) is 17.7 Å². The number of amides is 1. The van der Waals surface area contributed by atoms with E-state index in [2.05, 4.69) is 4.98 Å². The molecule has 0 unspecified atom stereocenters. The van der Waals surface area contributed by atoms with Crippen LogP contribution in [0.2, 0.25) is 0 Å². The molecule has 0 aliphatic carbocycles. The van der Waals surface area contributed by atoms with Gasteiger partial charge in [-0.15, -0.1) is 0 Å². The first-order valence-electron chi connectivity index (χ1n) is 6.91. The zero-order valence-electron chi connectivity index (χ0n) is 11.8. The topological polar surface area (TPSA) is 59.5 Å². The molecule has 5 heteroatoms. The Morgan fingerprint density at radius 2 is 2.24 bits per heavy atom. The van der Waals surface area contributed by atoms with Crippen molar-refractivity contribution in [1.82, 2.24) is 9.88 Å². The summed E-state index contributed by atoms with van der Waals surface area (Å²) in [5.74, 6) is -0.455. The smallest absolute Gasteiger partial charge is 0.306 e. The van der Waals surface area contributed by atoms with Gasteiger partial charge in [0.25, 0.3) is 5.91 Å². The Hall–Kier alpha value is -2.43. The van der Waals surface area contributed by atoms with E-state index in [-0.39, 0.29) is 11.9 Å². The van der Waals surface area contributed by atoms with Crippen molar-refractivity contribution in [1.29, 1.82) is 0 Å². The molecule has 1 fully saturated rings. The van der Waals surface area contributed by atoms with Crippen molar-refractivity contribution >= 4 is 22.8 Å². The lowest BCUT2D eigenvalue weighted by Gasteiger charge is -2.20. The minimum Gasteiger partial charge on any atom is -0.452 e. The number of hydrogen-bond acceptors (Lipinski definition) is 4. The van der Waals surface area contributed by atoms with Crippen molar-refractivity contribution in [3.8, 4) is 0 Å². The standard InChI is InChI=1S/C16H16N2O3/c1-18(16(20)14-6-7-15(19)21-14)10-11-8-12-4-2-3-5-13(12)17-9-11/h2-5,8-9,14H,6-7,10H2,1H3/t14-/m1/s1. The number of nitrogens with zero attached hydrogens (tertiary/aromatic N) is 2. The molecule has 0 saturated carbocycles. The Morgan fingerprint density at radius 3 is 3.00 bits per heavy atom. The second kappa shape index (κ2) is 5.52. The lowest BCUT2D eigenvalue weighted by atomic mass is 10.1. The number of ether oxygens (including phenoxy) is 1. The van der Waals surface area contributed by atoms with E-state index >= 15 is 0 Å². The Bertz CT molecular complexity index is 699. The van der Waals surface area contributed by atoms with Gasteiger partial charge in [0, 0.05) is 38.0 Å². The monoisotopic (exact) mass is 284 g/mol. The molecule has 1 aliphatic heterocycles. The highest BCUT2D eigenvalue weighted by atomic mass is 16.6. The molecule has 0 radical (unpaired) electrons. The number of likely N-dealkylation sites (N-methyl/N-ethyl adjacent to an activating group) is 1. The molecule has 1 aromatic carbocycles. The third-order valence-electron chi connectivity index (χ3n) is 3.60. The number of rotatable bonds is 3. The SMILES string of the molecule is CN(Cc1cnc2ccccc2c1)C(=O)[C@H]1CCC(=O)O1. The largest absolute Gasteiger partial charge is 0.452 e. The fraction of sp³-hybridized carbons (Fsp3) is 0.312. The first-order valence-corrected chi connectivity index (χ1v) is 6.91. The van der Waals surface area contributed by atoms with Crippen molar-refractivity contribution < 1.29 is 14.3 Å². The molecule has 0 bridgehead atoms. The Labute approximate surface area is 122 Å². The van der Waals surface area contributed by atoms with Crippen LogP contribution in [-0.4, -0.2) is 34.9 Å². The van der Waals surface area contributed by atoms with E-state index in [1.807, 2.05) is 30.3 Å². The normalized spacial score (nSPS) is 17.8. The van der Waals surface area contributed by atoms with Crippen LogP contribution in [-0.2, 0) is 20.9 Å². The summed E-state index contributed by atoms with van der Waals surface area (Å²) in [5.41, 5.74) is 1.88. The second-order valence-corrected chi connectivity index (χ2v) is 5.25. The predicted molar refractivity (Wildman–Crippen MR) is 77.3 cm³/mol. The third kappa shape index (κ3) is 2.86. The maximum absolute atomic E-state index is 12.2. The average molecular weight is 284 g/mol. The summed E-state index contributed by atoms with van der Waals surface area (Å²) >= 11 is 0. The van der Waals surface area contributed by atoms with Crippen LogP contribution < -0.4 is 0 Å². The summed E-state index contributed by atoms with van der Waals surface area (Å²) in [6.07, 6.45) is 1.93. The Kier molecular flexibility index (Phi) is 3.56. The highest BCUT2D eigenvalue weighted by Gasteiger charge is 2.31. The number of para-hydroxylation sites is 1.